The van der Waals surface area contributed by atoms with E-state index in [-0.39, 0.29) is 42.3 Å². The van der Waals surface area contributed by atoms with Crippen molar-refractivity contribution >= 4 is 53.4 Å². The summed E-state index contributed by atoms with van der Waals surface area (Å²) in [6.45, 7) is 2.86. The number of hydrogen-bond donors (Lipinski definition) is 2. The normalized spacial score (nSPS) is 17.7. The Morgan fingerprint density at radius 3 is 2.42 bits per heavy atom. The third-order valence-corrected chi connectivity index (χ3v) is 6.00. The minimum Gasteiger partial charge on any atom is -0.352 e. The van der Waals surface area contributed by atoms with Crippen LogP contribution in [0.5, 0.6) is 0 Å². The number of amides is 2. The summed E-state index contributed by atoms with van der Waals surface area (Å²) in [7, 11) is 1.72. The zero-order valence-electron chi connectivity index (χ0n) is 18.1. The van der Waals surface area contributed by atoms with E-state index >= 15 is 0 Å². The number of benzene rings is 1. The third-order valence-electron chi connectivity index (χ3n) is 5.77. The quantitative estimate of drug-likeness (QED) is 0.329. The molecule has 0 atom stereocenters. The minimum atomic E-state index is 0. The molecule has 9 heteroatoms. The molecule has 0 spiro atoms. The molecule has 3 rings (SSSR count). The average molecular weight is 562 g/mol. The van der Waals surface area contributed by atoms with Crippen LogP contribution in [-0.2, 0) is 16.0 Å². The Bertz CT molecular complexity index is 762. The lowest BCUT2D eigenvalue weighted by atomic mass is 9.95. The largest absolute Gasteiger partial charge is 0.352 e. The van der Waals surface area contributed by atoms with E-state index in [1.165, 1.54) is 19.3 Å². The maximum atomic E-state index is 12.6. The maximum absolute atomic E-state index is 12.6. The van der Waals surface area contributed by atoms with Gasteiger partial charge in [-0.3, -0.25) is 14.6 Å². The minimum absolute atomic E-state index is 0. The first-order valence-electron chi connectivity index (χ1n) is 10.8. The molecule has 2 amide bonds. The van der Waals surface area contributed by atoms with Gasteiger partial charge in [-0.05, 0) is 30.5 Å². The second kappa shape index (κ2) is 13.1. The van der Waals surface area contributed by atoms with Gasteiger partial charge in [0.1, 0.15) is 0 Å². The number of nitrogens with one attached hydrogen (secondary N) is 2. The third kappa shape index (κ3) is 8.14. The van der Waals surface area contributed by atoms with Crippen molar-refractivity contribution in [3.05, 3.63) is 34.9 Å². The highest BCUT2D eigenvalue weighted by atomic mass is 127. The van der Waals surface area contributed by atoms with Crippen LogP contribution in [-0.4, -0.2) is 73.4 Å². The van der Waals surface area contributed by atoms with Crippen LogP contribution < -0.4 is 10.6 Å². The first-order valence-corrected chi connectivity index (χ1v) is 11.2. The molecule has 0 bridgehead atoms. The van der Waals surface area contributed by atoms with Crippen molar-refractivity contribution in [3.8, 4) is 0 Å². The van der Waals surface area contributed by atoms with Crippen LogP contribution in [0.15, 0.2) is 29.3 Å². The number of hydrogen-bond acceptors (Lipinski definition) is 3. The molecule has 7 nitrogen and oxygen atoms in total. The first-order chi connectivity index (χ1) is 14.5. The van der Waals surface area contributed by atoms with Crippen LogP contribution >= 0.6 is 35.6 Å². The van der Waals surface area contributed by atoms with Crippen molar-refractivity contribution in [3.63, 3.8) is 0 Å². The standard InChI is InChI=1S/C22H32ClN5O2.HI/c1-24-22(25-16-20(29)26-19-8-3-2-4-9-19)28-12-10-27(11-13-28)21(30)15-17-6-5-7-18(23)14-17;/h5-7,14,19H,2-4,8-13,15-16H2,1H3,(H,24,25)(H,26,29);1H. The fraction of sp³-hybridized carbons (Fsp3) is 0.591. The zero-order valence-corrected chi connectivity index (χ0v) is 21.2. The molecular formula is C22H33ClIN5O2. The van der Waals surface area contributed by atoms with Gasteiger partial charge in [-0.15, -0.1) is 24.0 Å². The van der Waals surface area contributed by atoms with Gasteiger partial charge in [0.05, 0.1) is 13.0 Å². The number of guanidine groups is 1. The molecule has 1 aliphatic heterocycles. The number of carbonyl (C=O) groups is 2. The topological polar surface area (TPSA) is 77.0 Å². The van der Waals surface area contributed by atoms with E-state index in [1.54, 1.807) is 7.05 Å². The average Bonchev–Trinajstić information content (AvgIpc) is 2.75. The van der Waals surface area contributed by atoms with Gasteiger partial charge in [-0.1, -0.05) is 43.0 Å². The van der Waals surface area contributed by atoms with Crippen molar-refractivity contribution in [2.45, 2.75) is 44.6 Å². The van der Waals surface area contributed by atoms with E-state index in [2.05, 4.69) is 20.5 Å². The van der Waals surface area contributed by atoms with Crippen molar-refractivity contribution in [2.75, 3.05) is 39.8 Å². The number of nitrogens with zero attached hydrogens (tertiary/aromatic N) is 3. The smallest absolute Gasteiger partial charge is 0.239 e. The Morgan fingerprint density at radius 1 is 1.10 bits per heavy atom. The summed E-state index contributed by atoms with van der Waals surface area (Å²) in [5.41, 5.74) is 0.927. The van der Waals surface area contributed by atoms with Crippen molar-refractivity contribution in [2.24, 2.45) is 4.99 Å². The van der Waals surface area contributed by atoms with Crippen LogP contribution in [0, 0.1) is 0 Å². The Labute approximate surface area is 207 Å². The SMILES string of the molecule is CN=C(NCC(=O)NC1CCCCC1)N1CCN(C(=O)Cc2cccc(Cl)c2)CC1.I. The second-order valence-electron chi connectivity index (χ2n) is 7.98. The molecular weight excluding hydrogens is 529 g/mol. The maximum Gasteiger partial charge on any atom is 0.239 e. The predicted molar refractivity (Wildman–Crippen MR) is 135 cm³/mol. The van der Waals surface area contributed by atoms with Crippen LogP contribution in [0.3, 0.4) is 0 Å². The van der Waals surface area contributed by atoms with Gasteiger partial charge in [0.25, 0.3) is 0 Å². The highest BCUT2D eigenvalue weighted by molar-refractivity contribution is 14.0. The van der Waals surface area contributed by atoms with E-state index in [4.69, 9.17) is 11.6 Å². The number of rotatable bonds is 5. The first kappa shape index (κ1) is 25.7. The Kier molecular flexibility index (Phi) is 10.9. The van der Waals surface area contributed by atoms with Gasteiger partial charge < -0.3 is 20.4 Å². The Hall–Kier alpha value is -1.55. The van der Waals surface area contributed by atoms with Gasteiger partial charge in [-0.2, -0.15) is 0 Å². The second-order valence-corrected chi connectivity index (χ2v) is 8.41. The van der Waals surface area contributed by atoms with E-state index in [0.717, 1.165) is 18.4 Å². The summed E-state index contributed by atoms with van der Waals surface area (Å²) in [4.78, 5) is 33.1. The molecule has 0 radical (unpaired) electrons. The number of aliphatic imine (C=N–C) groups is 1. The van der Waals surface area contributed by atoms with Gasteiger partial charge in [0.2, 0.25) is 11.8 Å². The fourth-order valence-electron chi connectivity index (χ4n) is 4.12. The lowest BCUT2D eigenvalue weighted by Crippen LogP contribution is -2.55. The van der Waals surface area contributed by atoms with Gasteiger partial charge in [0.15, 0.2) is 5.96 Å². The molecule has 2 fully saturated rings. The monoisotopic (exact) mass is 561 g/mol. The number of halogens is 2. The summed E-state index contributed by atoms with van der Waals surface area (Å²) in [6.07, 6.45) is 6.16. The summed E-state index contributed by atoms with van der Waals surface area (Å²) in [6, 6.07) is 7.74. The molecule has 2 aliphatic rings. The Morgan fingerprint density at radius 2 is 1.77 bits per heavy atom. The van der Waals surface area contributed by atoms with Crippen LogP contribution in [0.4, 0.5) is 0 Å². The summed E-state index contributed by atoms with van der Waals surface area (Å²) in [5.74, 6) is 0.820. The summed E-state index contributed by atoms with van der Waals surface area (Å²) < 4.78 is 0. The molecule has 1 aliphatic carbocycles. The number of piperazine rings is 1. The van der Waals surface area contributed by atoms with Gasteiger partial charge in [0, 0.05) is 44.3 Å². The van der Waals surface area contributed by atoms with E-state index in [9.17, 15) is 9.59 Å². The predicted octanol–water partition coefficient (Wildman–Crippen LogP) is 2.67. The zero-order chi connectivity index (χ0) is 21.3. The Balaban J connectivity index is 0.00000341. The molecule has 1 saturated heterocycles. The molecule has 1 heterocycles. The number of carbonyl (C=O) groups excluding carboxylic acids is 2. The molecule has 172 valence electrons. The highest BCUT2D eigenvalue weighted by Crippen LogP contribution is 2.17. The lowest BCUT2D eigenvalue weighted by molar-refractivity contribution is -0.131. The van der Waals surface area contributed by atoms with E-state index in [1.807, 2.05) is 29.2 Å². The van der Waals surface area contributed by atoms with Gasteiger partial charge in [-0.25, -0.2) is 0 Å². The van der Waals surface area contributed by atoms with Crippen LogP contribution in [0.2, 0.25) is 5.02 Å². The summed E-state index contributed by atoms with van der Waals surface area (Å²) >= 11 is 6.01. The highest BCUT2D eigenvalue weighted by Gasteiger charge is 2.23. The van der Waals surface area contributed by atoms with E-state index < -0.39 is 0 Å². The van der Waals surface area contributed by atoms with E-state index in [0.29, 0.717) is 49.6 Å². The molecule has 1 saturated carbocycles. The lowest BCUT2D eigenvalue weighted by Gasteiger charge is -2.36. The van der Waals surface area contributed by atoms with Crippen molar-refractivity contribution in [1.29, 1.82) is 0 Å². The van der Waals surface area contributed by atoms with Gasteiger partial charge >= 0.3 is 0 Å². The van der Waals surface area contributed by atoms with Crippen LogP contribution in [0.25, 0.3) is 0 Å². The van der Waals surface area contributed by atoms with Crippen LogP contribution in [0.1, 0.15) is 37.7 Å². The van der Waals surface area contributed by atoms with Crippen molar-refractivity contribution < 1.29 is 9.59 Å². The molecule has 0 unspecified atom stereocenters. The summed E-state index contributed by atoms with van der Waals surface area (Å²) in [5, 5.41) is 6.92. The fourth-order valence-corrected chi connectivity index (χ4v) is 4.33. The molecule has 1 aromatic carbocycles. The van der Waals surface area contributed by atoms with Crippen molar-refractivity contribution in [1.82, 2.24) is 20.4 Å². The molecule has 1 aromatic rings. The molecule has 0 aromatic heterocycles. The molecule has 31 heavy (non-hydrogen) atoms. The molecule has 2 N–H and O–H groups in total.